The number of esters is 1. The zero-order valence-corrected chi connectivity index (χ0v) is 28.7. The number of pyridine rings is 1. The van der Waals surface area contributed by atoms with Crippen molar-refractivity contribution in [2.24, 2.45) is 17.8 Å². The molecule has 5 aliphatic carbocycles. The van der Waals surface area contributed by atoms with E-state index >= 15 is 0 Å². The maximum absolute atomic E-state index is 14.0. The zero-order chi connectivity index (χ0) is 34.1. The number of carbonyl (C=O) groups excluding carboxylic acids is 2. The molecular weight excluding hydrogens is 662 g/mol. The highest BCUT2D eigenvalue weighted by Crippen LogP contribution is 2.56. The van der Waals surface area contributed by atoms with Gasteiger partial charge in [-0.05, 0) is 111 Å². The Bertz CT molecular complexity index is 2130. The molecule has 0 unspecified atom stereocenters. The lowest BCUT2D eigenvalue weighted by Crippen LogP contribution is -2.66. The molecule has 5 fully saturated rings. The number of nitrogens with zero attached hydrogens (tertiary/aromatic N) is 1. The summed E-state index contributed by atoms with van der Waals surface area (Å²) in [5.41, 5.74) is 2.17. The number of carbonyl (C=O) groups is 2. The van der Waals surface area contributed by atoms with Crippen molar-refractivity contribution in [3.8, 4) is 5.69 Å². The zero-order valence-electron chi connectivity index (χ0n) is 27.2. The number of amides is 1. The number of hydrogen-bond donors (Lipinski definition) is 2. The molecule has 1 amide bonds. The lowest BCUT2D eigenvalue weighted by atomic mass is 9.51. The van der Waals surface area contributed by atoms with Crippen LogP contribution in [-0.2, 0) is 21.2 Å². The highest BCUT2D eigenvalue weighted by Gasteiger charge is 2.57. The molecule has 11 heteroatoms. The van der Waals surface area contributed by atoms with E-state index in [0.717, 1.165) is 50.5 Å². The van der Waals surface area contributed by atoms with E-state index in [2.05, 4.69) is 10.0 Å². The molecule has 2 N–H and O–H groups in total. The Kier molecular flexibility index (Phi) is 7.96. The molecule has 0 spiro atoms. The third-order valence-electron chi connectivity index (χ3n) is 11.1. The van der Waals surface area contributed by atoms with E-state index in [0.29, 0.717) is 33.1 Å². The van der Waals surface area contributed by atoms with Gasteiger partial charge in [-0.3, -0.25) is 9.59 Å². The van der Waals surface area contributed by atoms with Crippen molar-refractivity contribution in [3.05, 3.63) is 110 Å². The average Bonchev–Trinajstić information content (AvgIpc) is 3.94. The third-order valence-corrected chi connectivity index (χ3v) is 13.4. The monoisotopic (exact) mass is 699 g/mol. The van der Waals surface area contributed by atoms with Gasteiger partial charge in [0.05, 0.1) is 17.9 Å². The molecule has 1 aromatic heterocycles. The number of fused-ring (bicyclic) bond motifs is 1. The number of halogens is 1. The van der Waals surface area contributed by atoms with E-state index in [4.69, 9.17) is 16.3 Å². The van der Waals surface area contributed by atoms with Gasteiger partial charge < -0.3 is 14.6 Å². The Labute approximate surface area is 290 Å². The van der Waals surface area contributed by atoms with Gasteiger partial charge in [0.2, 0.25) is 10.0 Å². The van der Waals surface area contributed by atoms with Gasteiger partial charge in [-0.15, -0.1) is 0 Å². The fourth-order valence-corrected chi connectivity index (χ4v) is 11.0. The van der Waals surface area contributed by atoms with Gasteiger partial charge in [0.1, 0.15) is 5.69 Å². The first-order valence-corrected chi connectivity index (χ1v) is 18.9. The molecule has 9 nitrogen and oxygen atoms in total. The van der Waals surface area contributed by atoms with Crippen LogP contribution < -0.4 is 15.5 Å². The number of methoxy groups -OCH3 is 1. The molecule has 0 radical (unpaired) electrons. The fraction of sp³-hybridized carbons (Fsp3) is 0.395. The second-order valence-electron chi connectivity index (χ2n) is 14.4. The molecule has 49 heavy (non-hydrogen) atoms. The van der Waals surface area contributed by atoms with Gasteiger partial charge in [0.25, 0.3) is 5.91 Å². The van der Waals surface area contributed by atoms with Crippen molar-refractivity contribution in [1.82, 2.24) is 14.6 Å². The average molecular weight is 700 g/mol. The molecule has 4 bridgehead atoms. The molecule has 5 aliphatic rings. The quantitative estimate of drug-likeness (QED) is 0.214. The number of benzene rings is 3. The smallest absolute Gasteiger partial charge is 0.355 e. The first kappa shape index (κ1) is 32.2. The van der Waals surface area contributed by atoms with Crippen molar-refractivity contribution in [3.63, 3.8) is 0 Å². The summed E-state index contributed by atoms with van der Waals surface area (Å²) in [4.78, 5) is 40.9. The molecule has 254 valence electrons. The largest absolute Gasteiger partial charge is 0.464 e. The summed E-state index contributed by atoms with van der Waals surface area (Å²) in [6, 6.07) is 21.4. The number of aromatic nitrogens is 1. The molecule has 5 saturated carbocycles. The number of hydrogen-bond acceptors (Lipinski definition) is 6. The minimum atomic E-state index is -3.29. The van der Waals surface area contributed by atoms with E-state index in [1.807, 2.05) is 42.5 Å². The van der Waals surface area contributed by atoms with Gasteiger partial charge in [0.15, 0.2) is 5.43 Å². The van der Waals surface area contributed by atoms with Crippen LogP contribution in [0.25, 0.3) is 16.6 Å². The highest BCUT2D eigenvalue weighted by molar-refractivity contribution is 7.90. The van der Waals surface area contributed by atoms with Crippen molar-refractivity contribution >= 4 is 44.4 Å². The highest BCUT2D eigenvalue weighted by atomic mass is 35.5. The first-order valence-electron chi connectivity index (χ1n) is 17.0. The SMILES string of the molecule is COC(=O)c1c(Cc2ccc(C(=O)N[C@H]3[C@@H]4C[C@H]5C[C@H]3C[C@](NS(=O)(=O)C3CC3)(C5)C4)cc2)c(=O)c2ccc(Cl)cc2n1-c1ccccc1. The second-order valence-corrected chi connectivity index (χ2v) is 16.8. The fourth-order valence-electron chi connectivity index (χ4n) is 9.09. The van der Waals surface area contributed by atoms with Crippen LogP contribution in [0.15, 0.2) is 77.6 Å². The molecule has 4 aromatic rings. The standard InChI is InChI=1S/C38H38ClN3O6S/c1-48-37(45)34-31(35(43)30-14-11-27(39)18-32(30)42(34)28-5-3-2-4-6-28)17-22-7-9-24(10-8-22)36(44)40-33-25-15-23-16-26(33)21-38(19-23,20-25)41-49(46,47)29-12-13-29/h2-11,14,18,23,25-26,29,33,41H,12-13,15-17,19-21H2,1H3,(H,40,44)/t23-,25+,26-,33-,38-. The molecule has 1 heterocycles. The molecule has 3 aromatic carbocycles. The summed E-state index contributed by atoms with van der Waals surface area (Å²) < 4.78 is 35.8. The predicted molar refractivity (Wildman–Crippen MR) is 188 cm³/mol. The van der Waals surface area contributed by atoms with E-state index in [1.165, 1.54) is 7.11 Å². The lowest BCUT2D eigenvalue weighted by molar-refractivity contribution is -0.0348. The van der Waals surface area contributed by atoms with E-state index in [1.54, 1.807) is 34.9 Å². The summed E-state index contributed by atoms with van der Waals surface area (Å²) in [5.74, 6) is 0.151. The van der Waals surface area contributed by atoms with Gasteiger partial charge in [0, 0.05) is 45.2 Å². The summed E-state index contributed by atoms with van der Waals surface area (Å²) in [6.07, 6.45) is 6.07. The minimum absolute atomic E-state index is 0.00690. The maximum atomic E-state index is 14.0. The molecule has 0 saturated heterocycles. The maximum Gasteiger partial charge on any atom is 0.355 e. The summed E-state index contributed by atoms with van der Waals surface area (Å²) in [6.45, 7) is 0. The number of rotatable bonds is 9. The predicted octanol–water partition coefficient (Wildman–Crippen LogP) is 5.78. The van der Waals surface area contributed by atoms with E-state index in [9.17, 15) is 22.8 Å². The Morgan fingerprint density at radius 1 is 0.959 bits per heavy atom. The van der Waals surface area contributed by atoms with Crippen LogP contribution in [0, 0.1) is 17.8 Å². The van der Waals surface area contributed by atoms with Crippen LogP contribution in [0.5, 0.6) is 0 Å². The minimum Gasteiger partial charge on any atom is -0.464 e. The summed E-state index contributed by atoms with van der Waals surface area (Å²) >= 11 is 6.36. The number of nitrogens with one attached hydrogen (secondary N) is 2. The summed E-state index contributed by atoms with van der Waals surface area (Å²) in [7, 11) is -2.00. The Hall–Kier alpha value is -3.99. The second kappa shape index (κ2) is 12.1. The van der Waals surface area contributed by atoms with Crippen LogP contribution >= 0.6 is 11.6 Å². The Morgan fingerprint density at radius 2 is 1.65 bits per heavy atom. The van der Waals surface area contributed by atoms with Crippen molar-refractivity contribution in [2.45, 2.75) is 68.2 Å². The van der Waals surface area contributed by atoms with Crippen molar-refractivity contribution < 1.29 is 22.7 Å². The first-order chi connectivity index (χ1) is 23.5. The van der Waals surface area contributed by atoms with Crippen molar-refractivity contribution in [1.29, 1.82) is 0 Å². The number of ether oxygens (including phenoxy) is 1. The Balaban J connectivity index is 1.05. The normalized spacial score (nSPS) is 25.8. The third kappa shape index (κ3) is 5.87. The van der Waals surface area contributed by atoms with Gasteiger partial charge in [-0.1, -0.05) is 41.9 Å². The van der Waals surface area contributed by atoms with Crippen molar-refractivity contribution in [2.75, 3.05) is 7.11 Å². The topological polar surface area (TPSA) is 124 Å². The van der Waals surface area contributed by atoms with Gasteiger partial charge in [-0.25, -0.2) is 17.9 Å². The van der Waals surface area contributed by atoms with Gasteiger partial charge in [-0.2, -0.15) is 0 Å². The van der Waals surface area contributed by atoms with Crippen LogP contribution in [0.3, 0.4) is 0 Å². The molecule has 0 aliphatic heterocycles. The molecule has 9 rings (SSSR count). The van der Waals surface area contributed by atoms with E-state index in [-0.39, 0.29) is 57.7 Å². The van der Waals surface area contributed by atoms with Crippen LogP contribution in [0.2, 0.25) is 5.02 Å². The molecular formula is C38H38ClN3O6S. The van der Waals surface area contributed by atoms with Crippen LogP contribution in [0.4, 0.5) is 0 Å². The summed E-state index contributed by atoms with van der Waals surface area (Å²) in [5, 5.41) is 3.92. The van der Waals surface area contributed by atoms with E-state index < -0.39 is 16.0 Å². The number of sulfonamides is 1. The van der Waals surface area contributed by atoms with Gasteiger partial charge >= 0.3 is 5.97 Å². The van der Waals surface area contributed by atoms with Crippen LogP contribution in [0.1, 0.15) is 76.9 Å². The number of para-hydroxylation sites is 1. The lowest BCUT2D eigenvalue weighted by Gasteiger charge is -2.60. The van der Waals surface area contributed by atoms with Crippen LogP contribution in [-0.4, -0.2) is 48.8 Å². The Morgan fingerprint density at radius 3 is 2.31 bits per heavy atom. The molecule has 5 atom stereocenters.